The van der Waals surface area contributed by atoms with Gasteiger partial charge in [-0.1, -0.05) is 35.3 Å². The van der Waals surface area contributed by atoms with Crippen molar-refractivity contribution in [2.45, 2.75) is 38.0 Å². The number of amides is 1. The summed E-state index contributed by atoms with van der Waals surface area (Å²) in [6.45, 7) is 4.52. The molecule has 1 amide bonds. The maximum absolute atomic E-state index is 14.3. The molecule has 9 nitrogen and oxygen atoms in total. The Balaban J connectivity index is 1.15. The number of rotatable bonds is 6. The summed E-state index contributed by atoms with van der Waals surface area (Å²) in [5.74, 6) is -0.392. The van der Waals surface area contributed by atoms with Gasteiger partial charge in [-0.15, -0.1) is 11.3 Å². The number of nitrogens with zero attached hydrogens (tertiary/aromatic N) is 6. The quantitative estimate of drug-likeness (QED) is 0.235. The number of thiazole rings is 1. The zero-order valence-electron chi connectivity index (χ0n) is 23.6. The molecule has 44 heavy (non-hydrogen) atoms. The molecule has 3 aromatic heterocycles. The van der Waals surface area contributed by atoms with Crippen molar-refractivity contribution in [1.82, 2.24) is 29.6 Å². The van der Waals surface area contributed by atoms with Gasteiger partial charge < -0.3 is 14.8 Å². The molecule has 3 aliphatic rings. The van der Waals surface area contributed by atoms with Crippen LogP contribution in [0.3, 0.4) is 0 Å². The number of hydrogen-bond acceptors (Lipinski definition) is 7. The van der Waals surface area contributed by atoms with Crippen LogP contribution in [0.5, 0.6) is 0 Å². The highest BCUT2D eigenvalue weighted by atomic mass is 35.5. The fraction of sp³-hybridized carbons (Fsp3) is 0.355. The number of nitrogens with one attached hydrogen (secondary N) is 2. The number of carbonyl (C=O) groups excluding carboxylic acids is 1. The van der Waals surface area contributed by atoms with Crippen LogP contribution < -0.4 is 15.5 Å². The van der Waals surface area contributed by atoms with E-state index in [9.17, 15) is 9.18 Å². The molecule has 2 aromatic carbocycles. The molecule has 0 radical (unpaired) electrons. The van der Waals surface area contributed by atoms with E-state index in [2.05, 4.69) is 49.8 Å². The molecule has 1 spiro atoms. The van der Waals surface area contributed by atoms with Gasteiger partial charge in [0.05, 0.1) is 28.6 Å². The summed E-state index contributed by atoms with van der Waals surface area (Å²) in [6.07, 6.45) is 6.51. The van der Waals surface area contributed by atoms with Gasteiger partial charge in [-0.2, -0.15) is 5.10 Å². The van der Waals surface area contributed by atoms with Crippen molar-refractivity contribution >= 4 is 62.2 Å². The van der Waals surface area contributed by atoms with Gasteiger partial charge in [-0.25, -0.2) is 14.4 Å². The molecule has 2 N–H and O–H groups in total. The molecule has 5 aromatic rings. The first kappa shape index (κ1) is 28.0. The molecule has 3 aliphatic heterocycles. The van der Waals surface area contributed by atoms with E-state index >= 15 is 0 Å². The summed E-state index contributed by atoms with van der Waals surface area (Å²) in [5.41, 5.74) is 4.86. The van der Waals surface area contributed by atoms with Crippen LogP contribution in [0, 0.1) is 5.41 Å². The van der Waals surface area contributed by atoms with E-state index in [0.717, 1.165) is 37.3 Å². The highest BCUT2D eigenvalue weighted by Gasteiger charge is 2.40. The molecule has 6 heterocycles. The van der Waals surface area contributed by atoms with Crippen molar-refractivity contribution in [3.05, 3.63) is 75.9 Å². The molecular formula is C31H29Cl2FN8OS. The number of halogens is 3. The zero-order valence-corrected chi connectivity index (χ0v) is 26.0. The summed E-state index contributed by atoms with van der Waals surface area (Å²) < 4.78 is 17.6. The monoisotopic (exact) mass is 650 g/mol. The lowest BCUT2D eigenvalue weighted by Crippen LogP contribution is -2.61. The first-order valence-corrected chi connectivity index (χ1v) is 16.3. The second-order valence-corrected chi connectivity index (χ2v) is 13.7. The number of benzene rings is 2. The summed E-state index contributed by atoms with van der Waals surface area (Å²) >= 11 is 15.2. The fourth-order valence-corrected chi connectivity index (χ4v) is 7.94. The molecule has 2 fully saturated rings. The number of piperidine rings is 1. The van der Waals surface area contributed by atoms with Gasteiger partial charge in [0.2, 0.25) is 0 Å². The lowest BCUT2D eigenvalue weighted by atomic mass is 9.75. The van der Waals surface area contributed by atoms with E-state index < -0.39 is 18.1 Å². The van der Waals surface area contributed by atoms with Crippen molar-refractivity contribution in [1.29, 1.82) is 0 Å². The van der Waals surface area contributed by atoms with Crippen LogP contribution in [0.2, 0.25) is 10.0 Å². The lowest BCUT2D eigenvalue weighted by molar-refractivity contribution is -0.118. The summed E-state index contributed by atoms with van der Waals surface area (Å²) in [6, 6.07) is 9.29. The van der Waals surface area contributed by atoms with Crippen LogP contribution in [0.25, 0.3) is 22.0 Å². The van der Waals surface area contributed by atoms with E-state index in [-0.39, 0.29) is 13.0 Å². The molecule has 2 atom stereocenters. The maximum atomic E-state index is 14.3. The first-order valence-electron chi connectivity index (χ1n) is 14.7. The topological polar surface area (TPSA) is 92.9 Å². The van der Waals surface area contributed by atoms with E-state index in [1.165, 1.54) is 34.5 Å². The molecule has 2 saturated heterocycles. The minimum absolute atomic E-state index is 0.175. The third kappa shape index (κ3) is 4.77. The summed E-state index contributed by atoms with van der Waals surface area (Å²) in [7, 11) is 0. The van der Waals surface area contributed by atoms with E-state index in [0.29, 0.717) is 42.9 Å². The predicted octanol–water partition coefficient (Wildman–Crippen LogP) is 5.98. The Labute approximate surface area is 267 Å². The van der Waals surface area contributed by atoms with Crippen molar-refractivity contribution in [2.75, 3.05) is 36.4 Å². The number of hydrogen-bond donors (Lipinski definition) is 2. The van der Waals surface area contributed by atoms with Crippen LogP contribution in [-0.2, 0) is 17.8 Å². The van der Waals surface area contributed by atoms with E-state index in [1.807, 2.05) is 6.07 Å². The Morgan fingerprint density at radius 3 is 2.80 bits per heavy atom. The number of fused-ring (bicyclic) bond motifs is 2. The predicted molar refractivity (Wildman–Crippen MR) is 172 cm³/mol. The standard InChI is InChI=1S/C31H29Cl2FN8OS/c32-23-11-21(18-2-4-20(5-3-18)40-8-1-6-31(16-40)14-35-15-31)25(33)26-22(23)13-42(39-26)28(29(43)38-30-36-7-9-44-30)27-24-10-19(34)12-41(24)17-37-27/h2-5,7,9,11,13,17,19,28,35H,1,6,8,10,12,14-16H2,(H,36,38,43)/t19-,28?/m1/s1. The normalized spacial score (nSPS) is 19.7. The van der Waals surface area contributed by atoms with Crippen LogP contribution >= 0.6 is 34.5 Å². The minimum atomic E-state index is -1.03. The van der Waals surface area contributed by atoms with Gasteiger partial charge in [0.1, 0.15) is 11.7 Å². The number of anilines is 2. The average molecular weight is 652 g/mol. The van der Waals surface area contributed by atoms with E-state index in [4.69, 9.17) is 28.3 Å². The lowest BCUT2D eigenvalue weighted by Gasteiger charge is -2.50. The second-order valence-electron chi connectivity index (χ2n) is 12.0. The smallest absolute Gasteiger partial charge is 0.257 e. The average Bonchev–Trinajstić information content (AvgIpc) is 3.81. The largest absolute Gasteiger partial charge is 0.371 e. The Kier molecular flexibility index (Phi) is 6.89. The van der Waals surface area contributed by atoms with Gasteiger partial charge >= 0.3 is 0 Å². The zero-order chi connectivity index (χ0) is 30.0. The van der Waals surface area contributed by atoms with E-state index in [1.54, 1.807) is 28.7 Å². The molecule has 0 aliphatic carbocycles. The van der Waals surface area contributed by atoms with Gasteiger partial charge in [-0.3, -0.25) is 14.8 Å². The molecule has 1 unspecified atom stereocenters. The Hall–Kier alpha value is -3.51. The highest BCUT2D eigenvalue weighted by Crippen LogP contribution is 2.41. The first-order chi connectivity index (χ1) is 21.4. The van der Waals surface area contributed by atoms with Crippen molar-refractivity contribution in [3.63, 3.8) is 0 Å². The molecule has 13 heteroatoms. The molecule has 226 valence electrons. The van der Waals surface area contributed by atoms with Crippen molar-refractivity contribution < 1.29 is 9.18 Å². The number of carbonyl (C=O) groups is 1. The third-order valence-corrected chi connectivity index (χ3v) is 10.5. The third-order valence-electron chi connectivity index (χ3n) is 9.13. The van der Waals surface area contributed by atoms with Crippen LogP contribution in [0.15, 0.2) is 54.4 Å². The fourth-order valence-electron chi connectivity index (χ4n) is 6.86. The number of aromatic nitrogens is 5. The molecule has 0 saturated carbocycles. The van der Waals surface area contributed by atoms with Crippen LogP contribution in [0.1, 0.15) is 30.3 Å². The van der Waals surface area contributed by atoms with Gasteiger partial charge in [0.25, 0.3) is 5.91 Å². The second kappa shape index (κ2) is 10.8. The van der Waals surface area contributed by atoms with Gasteiger partial charge in [0.15, 0.2) is 11.2 Å². The summed E-state index contributed by atoms with van der Waals surface area (Å²) in [4.78, 5) is 24.9. The van der Waals surface area contributed by atoms with Gasteiger partial charge in [0, 0.05) is 78.1 Å². The number of imidazole rings is 1. The molecule has 8 rings (SSSR count). The maximum Gasteiger partial charge on any atom is 0.257 e. The summed E-state index contributed by atoms with van der Waals surface area (Å²) in [5, 5.41) is 14.8. The number of alkyl halides is 1. The molecule has 0 bridgehead atoms. The Morgan fingerprint density at radius 2 is 2.05 bits per heavy atom. The minimum Gasteiger partial charge on any atom is -0.371 e. The van der Waals surface area contributed by atoms with Gasteiger partial charge in [-0.05, 0) is 36.6 Å². The Morgan fingerprint density at radius 1 is 1.20 bits per heavy atom. The van der Waals surface area contributed by atoms with Crippen molar-refractivity contribution in [2.24, 2.45) is 5.41 Å². The Bertz CT molecular complexity index is 1870. The highest BCUT2D eigenvalue weighted by molar-refractivity contribution is 7.13. The molecular weight excluding hydrogens is 622 g/mol. The van der Waals surface area contributed by atoms with Crippen LogP contribution in [0.4, 0.5) is 15.2 Å². The SMILES string of the molecule is O=C(Nc1nccs1)C(c1ncn2c1C[C@@H](F)C2)n1cc2c(Cl)cc(-c3ccc(N4CCCC5(CNC5)C4)cc3)c(Cl)c2n1. The van der Waals surface area contributed by atoms with Crippen molar-refractivity contribution in [3.8, 4) is 11.1 Å². The van der Waals surface area contributed by atoms with Crippen LogP contribution in [-0.4, -0.2) is 62.6 Å².